The second-order valence-electron chi connectivity index (χ2n) is 6.00. The first-order valence-corrected chi connectivity index (χ1v) is 8.85. The molecule has 138 valence electrons. The van der Waals surface area contributed by atoms with Crippen LogP contribution in [0.3, 0.4) is 0 Å². The molecule has 26 heavy (non-hydrogen) atoms. The number of carbonyl (C=O) groups excluding carboxylic acids is 2. The molecule has 5 nitrogen and oxygen atoms in total. The number of halogens is 1. The standard InChI is InChI=1S/C20H23ClN2O3/c1-15(20(26)22-11-12-24)23(14-17-7-9-18(21)10-8-17)19(25)13-16-5-3-2-4-6-16/h2-10,15,24H,11-14H2,1H3,(H,22,26). The van der Waals surface area contributed by atoms with Gasteiger partial charge in [-0.05, 0) is 30.2 Å². The molecule has 0 aliphatic heterocycles. The van der Waals surface area contributed by atoms with Crippen molar-refractivity contribution in [2.24, 2.45) is 0 Å². The zero-order valence-electron chi connectivity index (χ0n) is 14.7. The van der Waals surface area contributed by atoms with E-state index in [-0.39, 0.29) is 31.4 Å². The third-order valence-corrected chi connectivity index (χ3v) is 4.29. The van der Waals surface area contributed by atoms with Crippen molar-refractivity contribution in [2.45, 2.75) is 25.9 Å². The summed E-state index contributed by atoms with van der Waals surface area (Å²) in [5.41, 5.74) is 1.78. The summed E-state index contributed by atoms with van der Waals surface area (Å²) in [6.45, 7) is 2.00. The average Bonchev–Trinajstić information content (AvgIpc) is 2.65. The fourth-order valence-corrected chi connectivity index (χ4v) is 2.69. The predicted octanol–water partition coefficient (Wildman–Crippen LogP) is 2.41. The van der Waals surface area contributed by atoms with E-state index in [0.29, 0.717) is 11.6 Å². The molecule has 6 heteroatoms. The van der Waals surface area contributed by atoms with Crippen LogP contribution < -0.4 is 5.32 Å². The van der Waals surface area contributed by atoms with E-state index in [1.165, 1.54) is 0 Å². The molecule has 0 bridgehead atoms. The largest absolute Gasteiger partial charge is 0.395 e. The Kier molecular flexibility index (Phi) is 7.63. The predicted molar refractivity (Wildman–Crippen MR) is 102 cm³/mol. The Balaban J connectivity index is 2.17. The number of aliphatic hydroxyl groups is 1. The first-order valence-electron chi connectivity index (χ1n) is 8.47. The van der Waals surface area contributed by atoms with Crippen LogP contribution in [0.4, 0.5) is 0 Å². The zero-order chi connectivity index (χ0) is 18.9. The van der Waals surface area contributed by atoms with Gasteiger partial charge in [-0.15, -0.1) is 0 Å². The summed E-state index contributed by atoms with van der Waals surface area (Å²) < 4.78 is 0. The second-order valence-corrected chi connectivity index (χ2v) is 6.44. The molecule has 0 fully saturated rings. The van der Waals surface area contributed by atoms with Crippen LogP contribution in [0.15, 0.2) is 54.6 Å². The summed E-state index contributed by atoms with van der Waals surface area (Å²) in [7, 11) is 0. The van der Waals surface area contributed by atoms with Crippen molar-refractivity contribution in [1.82, 2.24) is 10.2 Å². The fourth-order valence-electron chi connectivity index (χ4n) is 2.57. The van der Waals surface area contributed by atoms with Crippen LogP contribution in [0.2, 0.25) is 5.02 Å². The van der Waals surface area contributed by atoms with Crippen LogP contribution in [0.5, 0.6) is 0 Å². The van der Waals surface area contributed by atoms with Crippen LogP contribution in [0.25, 0.3) is 0 Å². The highest BCUT2D eigenvalue weighted by atomic mass is 35.5. The minimum Gasteiger partial charge on any atom is -0.395 e. The van der Waals surface area contributed by atoms with Crippen molar-refractivity contribution < 1.29 is 14.7 Å². The first-order chi connectivity index (χ1) is 12.5. The maximum Gasteiger partial charge on any atom is 0.242 e. The van der Waals surface area contributed by atoms with Gasteiger partial charge in [0, 0.05) is 18.1 Å². The molecule has 0 radical (unpaired) electrons. The van der Waals surface area contributed by atoms with Gasteiger partial charge in [-0.1, -0.05) is 54.1 Å². The molecule has 0 spiro atoms. The van der Waals surface area contributed by atoms with Gasteiger partial charge >= 0.3 is 0 Å². The Morgan fingerprint density at radius 2 is 1.73 bits per heavy atom. The minimum absolute atomic E-state index is 0.141. The van der Waals surface area contributed by atoms with Gasteiger partial charge in [0.2, 0.25) is 11.8 Å². The lowest BCUT2D eigenvalue weighted by Crippen LogP contribution is -2.48. The summed E-state index contributed by atoms with van der Waals surface area (Å²) in [5, 5.41) is 12.1. The van der Waals surface area contributed by atoms with Crippen molar-refractivity contribution in [1.29, 1.82) is 0 Å². The summed E-state index contributed by atoms with van der Waals surface area (Å²) in [6, 6.07) is 15.9. The van der Waals surface area contributed by atoms with Gasteiger partial charge in [-0.3, -0.25) is 9.59 Å². The van der Waals surface area contributed by atoms with Crippen molar-refractivity contribution in [2.75, 3.05) is 13.2 Å². The number of amides is 2. The third-order valence-electron chi connectivity index (χ3n) is 4.04. The Hall–Kier alpha value is -2.37. The minimum atomic E-state index is -0.659. The number of nitrogens with one attached hydrogen (secondary N) is 1. The molecule has 1 atom stereocenters. The van der Waals surface area contributed by atoms with Crippen molar-refractivity contribution in [3.05, 3.63) is 70.7 Å². The Labute approximate surface area is 158 Å². The molecule has 2 rings (SSSR count). The molecule has 2 N–H and O–H groups in total. The van der Waals surface area contributed by atoms with E-state index in [4.69, 9.17) is 16.7 Å². The van der Waals surface area contributed by atoms with Crippen LogP contribution in [0.1, 0.15) is 18.1 Å². The van der Waals surface area contributed by atoms with Crippen molar-refractivity contribution in [3.8, 4) is 0 Å². The molecular formula is C20H23ClN2O3. The van der Waals surface area contributed by atoms with Crippen LogP contribution >= 0.6 is 11.6 Å². The molecule has 2 aromatic rings. The van der Waals surface area contributed by atoms with Gasteiger partial charge in [0.25, 0.3) is 0 Å². The van der Waals surface area contributed by atoms with E-state index in [2.05, 4.69) is 5.32 Å². The average molecular weight is 375 g/mol. The van der Waals surface area contributed by atoms with E-state index >= 15 is 0 Å². The SMILES string of the molecule is CC(C(=O)NCCO)N(Cc1ccc(Cl)cc1)C(=O)Cc1ccccc1. The maximum absolute atomic E-state index is 12.9. The quantitative estimate of drug-likeness (QED) is 0.745. The number of benzene rings is 2. The molecule has 0 aliphatic carbocycles. The summed E-state index contributed by atoms with van der Waals surface area (Å²) in [4.78, 5) is 26.7. The number of hydrogen-bond acceptors (Lipinski definition) is 3. The molecule has 2 aromatic carbocycles. The van der Waals surface area contributed by atoms with Crippen LogP contribution in [0, 0.1) is 0 Å². The van der Waals surface area contributed by atoms with Crippen LogP contribution in [-0.2, 0) is 22.6 Å². The normalized spacial score (nSPS) is 11.7. The fraction of sp³-hybridized carbons (Fsp3) is 0.300. The second kappa shape index (κ2) is 9.94. The number of hydrogen-bond donors (Lipinski definition) is 2. The molecule has 0 heterocycles. The summed E-state index contributed by atoms with van der Waals surface area (Å²) in [6.07, 6.45) is 0.214. The van der Waals surface area contributed by atoms with E-state index in [9.17, 15) is 9.59 Å². The van der Waals surface area contributed by atoms with E-state index in [1.807, 2.05) is 42.5 Å². The molecule has 2 amide bonds. The summed E-state index contributed by atoms with van der Waals surface area (Å²) >= 11 is 5.92. The number of aliphatic hydroxyl groups excluding tert-OH is 1. The van der Waals surface area contributed by atoms with Crippen molar-refractivity contribution >= 4 is 23.4 Å². The number of nitrogens with zero attached hydrogens (tertiary/aromatic N) is 1. The monoisotopic (exact) mass is 374 g/mol. The van der Waals surface area contributed by atoms with Gasteiger partial charge in [0.15, 0.2) is 0 Å². The highest BCUT2D eigenvalue weighted by Gasteiger charge is 2.25. The van der Waals surface area contributed by atoms with Gasteiger partial charge in [0.1, 0.15) is 6.04 Å². The third kappa shape index (κ3) is 5.86. The topological polar surface area (TPSA) is 69.6 Å². The van der Waals surface area contributed by atoms with Gasteiger partial charge in [-0.25, -0.2) is 0 Å². The highest BCUT2D eigenvalue weighted by Crippen LogP contribution is 2.15. The molecule has 0 aliphatic rings. The lowest BCUT2D eigenvalue weighted by Gasteiger charge is -2.29. The molecule has 0 aromatic heterocycles. The van der Waals surface area contributed by atoms with E-state index in [1.54, 1.807) is 24.0 Å². The van der Waals surface area contributed by atoms with Crippen molar-refractivity contribution in [3.63, 3.8) is 0 Å². The van der Waals surface area contributed by atoms with Gasteiger partial charge in [-0.2, -0.15) is 0 Å². The Morgan fingerprint density at radius 1 is 1.08 bits per heavy atom. The molecule has 0 saturated carbocycles. The maximum atomic E-state index is 12.9. The molecule has 1 unspecified atom stereocenters. The lowest BCUT2D eigenvalue weighted by molar-refractivity contribution is -0.140. The first kappa shape index (κ1) is 19.9. The number of carbonyl (C=O) groups is 2. The molecule has 0 saturated heterocycles. The van der Waals surface area contributed by atoms with Crippen LogP contribution in [-0.4, -0.2) is 41.0 Å². The highest BCUT2D eigenvalue weighted by molar-refractivity contribution is 6.30. The van der Waals surface area contributed by atoms with E-state index < -0.39 is 6.04 Å². The van der Waals surface area contributed by atoms with E-state index in [0.717, 1.165) is 11.1 Å². The Bertz CT molecular complexity index is 720. The lowest BCUT2D eigenvalue weighted by atomic mass is 10.1. The van der Waals surface area contributed by atoms with Gasteiger partial charge < -0.3 is 15.3 Å². The summed E-state index contributed by atoms with van der Waals surface area (Å²) in [5.74, 6) is -0.438. The number of rotatable bonds is 8. The molecular weight excluding hydrogens is 352 g/mol. The van der Waals surface area contributed by atoms with Gasteiger partial charge in [0.05, 0.1) is 13.0 Å². The Morgan fingerprint density at radius 3 is 2.35 bits per heavy atom. The smallest absolute Gasteiger partial charge is 0.242 e. The zero-order valence-corrected chi connectivity index (χ0v) is 15.4.